The van der Waals surface area contributed by atoms with Gasteiger partial charge in [-0.1, -0.05) is 59.9 Å². The number of phenols is 2. The third kappa shape index (κ3) is 10.3. The predicted octanol–water partition coefficient (Wildman–Crippen LogP) is 8.89. The van der Waals surface area contributed by atoms with Crippen LogP contribution in [-0.2, 0) is 6.42 Å². The molecule has 1 aromatic rings. The molecular weight excluding hydrogens is 436 g/mol. The topological polar surface area (TPSA) is 58.9 Å². The Morgan fingerprint density at radius 3 is 1.49 bits per heavy atom. The lowest BCUT2D eigenvalue weighted by molar-refractivity contribution is 0.314. The van der Waals surface area contributed by atoms with Gasteiger partial charge >= 0.3 is 0 Å². The minimum atomic E-state index is 0.00844. The van der Waals surface area contributed by atoms with Crippen LogP contribution in [0, 0.1) is 6.92 Å². The number of aromatic hydroxyl groups is 2. The van der Waals surface area contributed by atoms with Gasteiger partial charge in [-0.25, -0.2) is 0 Å². The van der Waals surface area contributed by atoms with E-state index in [0.29, 0.717) is 17.5 Å². The van der Waals surface area contributed by atoms with Crippen molar-refractivity contribution in [3.8, 4) is 23.0 Å². The number of allylic oxidation sites excluding steroid dienone is 8. The zero-order chi connectivity index (χ0) is 26.4. The van der Waals surface area contributed by atoms with Crippen molar-refractivity contribution in [1.29, 1.82) is 0 Å². The standard InChI is InChI=1S/C31H48O4/c1-9-13-22(2)14-10-15-23(3)16-11-17-24(4)18-12-19-25(5)20-21-27-26(6)28(32)30(34-7)31(35-8)29(27)33/h14,16,18,20,32-33H,9-13,15,17,19,21H2,1-8H3/b22-14+,23-16+,24-18+,25-20-. The fourth-order valence-electron chi connectivity index (χ4n) is 4.19. The SMILES string of the molecule is CCC/C(C)=C/CC/C(C)=C/CC/C(C)=C/CC/C(C)=C\Cc1c(C)c(O)c(OC)c(OC)c1O. The van der Waals surface area contributed by atoms with E-state index in [-0.39, 0.29) is 23.0 Å². The molecule has 0 heterocycles. The quantitative estimate of drug-likeness (QED) is 0.193. The molecule has 0 bridgehead atoms. The number of rotatable bonds is 15. The third-order valence-corrected chi connectivity index (χ3v) is 6.53. The normalized spacial score (nSPS) is 13.4. The summed E-state index contributed by atoms with van der Waals surface area (Å²) in [7, 11) is 2.90. The zero-order valence-corrected chi connectivity index (χ0v) is 23.4. The first-order valence-electron chi connectivity index (χ1n) is 12.9. The number of ether oxygens (including phenoxy) is 2. The van der Waals surface area contributed by atoms with Gasteiger partial charge in [0, 0.05) is 11.1 Å². The van der Waals surface area contributed by atoms with E-state index in [9.17, 15) is 10.2 Å². The van der Waals surface area contributed by atoms with Crippen LogP contribution in [0.1, 0.15) is 97.1 Å². The van der Waals surface area contributed by atoms with Crippen LogP contribution in [-0.4, -0.2) is 24.4 Å². The third-order valence-electron chi connectivity index (χ3n) is 6.53. The average Bonchev–Trinajstić information content (AvgIpc) is 2.81. The van der Waals surface area contributed by atoms with Crippen LogP contribution in [0.5, 0.6) is 23.0 Å². The molecule has 1 rings (SSSR count). The summed E-state index contributed by atoms with van der Waals surface area (Å²) < 4.78 is 10.5. The summed E-state index contributed by atoms with van der Waals surface area (Å²) in [6.07, 6.45) is 18.7. The highest BCUT2D eigenvalue weighted by Crippen LogP contribution is 2.48. The molecule has 196 valence electrons. The van der Waals surface area contributed by atoms with Gasteiger partial charge in [-0.15, -0.1) is 0 Å². The molecule has 4 heteroatoms. The van der Waals surface area contributed by atoms with E-state index in [2.05, 4.69) is 58.9 Å². The Balaban J connectivity index is 2.57. The van der Waals surface area contributed by atoms with Crippen molar-refractivity contribution in [3.63, 3.8) is 0 Å². The summed E-state index contributed by atoms with van der Waals surface area (Å²) in [5.74, 6) is 0.364. The number of hydrogen-bond donors (Lipinski definition) is 2. The van der Waals surface area contributed by atoms with E-state index in [1.54, 1.807) is 6.92 Å². The minimum absolute atomic E-state index is 0.00844. The van der Waals surface area contributed by atoms with E-state index in [1.807, 2.05) is 0 Å². The summed E-state index contributed by atoms with van der Waals surface area (Å²) in [4.78, 5) is 0. The van der Waals surface area contributed by atoms with Crippen LogP contribution in [0.2, 0.25) is 0 Å². The van der Waals surface area contributed by atoms with Crippen LogP contribution in [0.15, 0.2) is 46.6 Å². The maximum atomic E-state index is 10.6. The second kappa shape index (κ2) is 16.1. The van der Waals surface area contributed by atoms with E-state index < -0.39 is 0 Å². The van der Waals surface area contributed by atoms with Crippen LogP contribution in [0.25, 0.3) is 0 Å². The van der Waals surface area contributed by atoms with E-state index in [1.165, 1.54) is 49.4 Å². The Hall–Kier alpha value is -2.62. The fraction of sp³-hybridized carbons (Fsp3) is 0.548. The van der Waals surface area contributed by atoms with Crippen LogP contribution < -0.4 is 9.47 Å². The zero-order valence-electron chi connectivity index (χ0n) is 23.4. The highest BCUT2D eigenvalue weighted by molar-refractivity contribution is 5.66. The van der Waals surface area contributed by atoms with Gasteiger partial charge in [0.2, 0.25) is 11.5 Å². The second-order valence-corrected chi connectivity index (χ2v) is 9.64. The van der Waals surface area contributed by atoms with Crippen LogP contribution in [0.3, 0.4) is 0 Å². The van der Waals surface area contributed by atoms with Gasteiger partial charge < -0.3 is 19.7 Å². The van der Waals surface area contributed by atoms with E-state index in [4.69, 9.17) is 9.47 Å². The molecule has 0 saturated carbocycles. The van der Waals surface area contributed by atoms with Crippen molar-refractivity contribution in [2.45, 2.75) is 99.3 Å². The lowest BCUT2D eigenvalue weighted by Crippen LogP contribution is -1.98. The molecule has 0 saturated heterocycles. The number of methoxy groups -OCH3 is 2. The maximum absolute atomic E-state index is 10.6. The van der Waals surface area contributed by atoms with Crippen molar-refractivity contribution in [1.82, 2.24) is 0 Å². The molecule has 0 radical (unpaired) electrons. The van der Waals surface area contributed by atoms with Gasteiger partial charge in [0.25, 0.3) is 0 Å². The van der Waals surface area contributed by atoms with Crippen molar-refractivity contribution in [2.75, 3.05) is 14.2 Å². The Morgan fingerprint density at radius 1 is 0.657 bits per heavy atom. The minimum Gasteiger partial charge on any atom is -0.504 e. The lowest BCUT2D eigenvalue weighted by Gasteiger charge is -2.17. The summed E-state index contributed by atoms with van der Waals surface area (Å²) in [5, 5.41) is 21.0. The molecule has 0 aliphatic carbocycles. The molecule has 0 aromatic heterocycles. The molecular formula is C31H48O4. The molecule has 4 nitrogen and oxygen atoms in total. The Labute approximate surface area is 214 Å². The molecule has 2 N–H and O–H groups in total. The molecule has 0 aliphatic heterocycles. The average molecular weight is 485 g/mol. The van der Waals surface area contributed by atoms with Gasteiger partial charge in [0.1, 0.15) is 0 Å². The Morgan fingerprint density at radius 2 is 1.06 bits per heavy atom. The first-order chi connectivity index (χ1) is 16.7. The van der Waals surface area contributed by atoms with Gasteiger partial charge in [-0.3, -0.25) is 0 Å². The molecule has 0 spiro atoms. The van der Waals surface area contributed by atoms with Crippen molar-refractivity contribution in [2.24, 2.45) is 0 Å². The molecule has 0 amide bonds. The summed E-state index contributed by atoms with van der Waals surface area (Å²) in [6, 6.07) is 0. The van der Waals surface area contributed by atoms with E-state index in [0.717, 1.165) is 38.5 Å². The van der Waals surface area contributed by atoms with Gasteiger partial charge in [-0.2, -0.15) is 0 Å². The number of hydrogen-bond acceptors (Lipinski definition) is 4. The Kier molecular flexibility index (Phi) is 14.0. The fourth-order valence-corrected chi connectivity index (χ4v) is 4.19. The maximum Gasteiger partial charge on any atom is 0.207 e. The van der Waals surface area contributed by atoms with Gasteiger partial charge in [0.15, 0.2) is 11.5 Å². The molecule has 35 heavy (non-hydrogen) atoms. The molecule has 1 aromatic carbocycles. The molecule has 0 unspecified atom stereocenters. The second-order valence-electron chi connectivity index (χ2n) is 9.64. The smallest absolute Gasteiger partial charge is 0.207 e. The summed E-state index contributed by atoms with van der Waals surface area (Å²) >= 11 is 0. The predicted molar refractivity (Wildman–Crippen MR) is 149 cm³/mol. The van der Waals surface area contributed by atoms with Crippen LogP contribution >= 0.6 is 0 Å². The monoisotopic (exact) mass is 484 g/mol. The van der Waals surface area contributed by atoms with Crippen LogP contribution in [0.4, 0.5) is 0 Å². The summed E-state index contributed by atoms with van der Waals surface area (Å²) in [5.41, 5.74) is 6.94. The highest BCUT2D eigenvalue weighted by Gasteiger charge is 2.22. The van der Waals surface area contributed by atoms with E-state index >= 15 is 0 Å². The highest BCUT2D eigenvalue weighted by atomic mass is 16.5. The van der Waals surface area contributed by atoms with Crippen molar-refractivity contribution >= 4 is 0 Å². The summed E-state index contributed by atoms with van der Waals surface area (Å²) in [6.45, 7) is 12.8. The first-order valence-corrected chi connectivity index (χ1v) is 12.9. The Bertz CT molecular complexity index is 932. The number of phenolic OH excluding ortho intramolecular Hbond substituents is 2. The lowest BCUT2D eigenvalue weighted by atomic mass is 9.99. The largest absolute Gasteiger partial charge is 0.504 e. The first kappa shape index (κ1) is 30.4. The van der Waals surface area contributed by atoms with Gasteiger partial charge in [0.05, 0.1) is 14.2 Å². The molecule has 0 aliphatic rings. The van der Waals surface area contributed by atoms with Gasteiger partial charge in [-0.05, 0) is 86.0 Å². The molecule has 0 fully saturated rings. The number of benzene rings is 1. The van der Waals surface area contributed by atoms with Crippen molar-refractivity contribution in [3.05, 3.63) is 57.7 Å². The molecule has 0 atom stereocenters. The van der Waals surface area contributed by atoms with Crippen molar-refractivity contribution < 1.29 is 19.7 Å².